The van der Waals surface area contributed by atoms with Crippen LogP contribution >= 0.6 is 15.6 Å². The van der Waals surface area contributed by atoms with E-state index in [1.807, 2.05) is 0 Å². The summed E-state index contributed by atoms with van der Waals surface area (Å²) in [6.07, 6.45) is 0. The minimum atomic E-state index is -5.68. The van der Waals surface area contributed by atoms with Crippen LogP contribution in [0.15, 0.2) is 0 Å². The van der Waals surface area contributed by atoms with Gasteiger partial charge in [-0.2, -0.15) is 0 Å². The summed E-state index contributed by atoms with van der Waals surface area (Å²) in [6, 6.07) is 0. The molecule has 0 fully saturated rings. The normalized spacial score (nSPS) is 8.86. The van der Waals surface area contributed by atoms with Gasteiger partial charge in [0, 0.05) is 0 Å². The zero-order chi connectivity index (χ0) is 7.71. The summed E-state index contributed by atoms with van der Waals surface area (Å²) in [5.74, 6) is 0. The fourth-order valence-corrected chi connectivity index (χ4v) is 1.10. The Balaban J connectivity index is -0.0000000320. The summed E-state index contributed by atoms with van der Waals surface area (Å²) < 4.78 is 21.2. The Morgan fingerprint density at radius 3 is 0.857 bits per heavy atom. The predicted molar refractivity (Wildman–Crippen MR) is 21.3 cm³/mol. The third-order valence-electron chi connectivity index (χ3n) is 0.200. The van der Waals surface area contributed by atoms with Gasteiger partial charge in [0.1, 0.15) is 0 Å². The van der Waals surface area contributed by atoms with Crippen LogP contribution in [0.3, 0.4) is 0 Å². The van der Waals surface area contributed by atoms with E-state index < -0.39 is 15.6 Å². The van der Waals surface area contributed by atoms with Crippen LogP contribution in [0.4, 0.5) is 0 Å². The molecule has 14 heavy (non-hydrogen) atoms. The van der Waals surface area contributed by atoms with Crippen molar-refractivity contribution in [2.45, 2.75) is 0 Å². The average Bonchev–Trinajstić information content (AvgIpc) is 1.14. The molecule has 0 saturated carbocycles. The largest absolute Gasteiger partial charge is 1.00 e. The van der Waals surface area contributed by atoms with Crippen molar-refractivity contribution in [3.05, 3.63) is 0 Å². The molecule has 0 saturated heterocycles. The second-order valence-corrected chi connectivity index (χ2v) is 3.42. The van der Waals surface area contributed by atoms with Gasteiger partial charge in [-0.25, -0.2) is 0 Å². The molecule has 0 unspecified atom stereocenters. The first-order valence-electron chi connectivity index (χ1n) is 1.46. The van der Waals surface area contributed by atoms with Crippen LogP contribution < -0.4 is 231 Å². The first-order chi connectivity index (χ1) is 3.71. The summed E-state index contributed by atoms with van der Waals surface area (Å²) in [4.78, 5) is 37.3. The van der Waals surface area contributed by atoms with Gasteiger partial charge in [0.2, 0.25) is 0 Å². The summed E-state index contributed by atoms with van der Waals surface area (Å²) in [5, 5.41) is 0. The molecule has 0 aromatic rings. The predicted octanol–water partition coefficient (Wildman–Crippen LogP) is -15.2. The Labute approximate surface area is 252 Å². The summed E-state index contributed by atoms with van der Waals surface area (Å²) >= 11 is 0. The number of hydrogen-bond donors (Lipinski definition) is 1. The second kappa shape index (κ2) is 17.8. The van der Waals surface area contributed by atoms with Crippen LogP contribution in [-0.4, -0.2) is 0 Å². The number of rotatable bonds is 2. The van der Waals surface area contributed by atoms with Crippen LogP contribution in [0.5, 0.6) is 0 Å². The second-order valence-electron chi connectivity index (χ2n) is 0.976. The van der Waals surface area contributed by atoms with Gasteiger partial charge >= 0.3 is 206 Å². The molecule has 0 heterocycles. The summed E-state index contributed by atoms with van der Waals surface area (Å²) in [6.45, 7) is 0. The van der Waals surface area contributed by atoms with Crippen LogP contribution in [-0.2, 0) is 13.4 Å². The minimum absolute atomic E-state index is 0. The van der Waals surface area contributed by atoms with Gasteiger partial charge in [0.05, 0.1) is 15.6 Å². The maximum absolute atomic E-state index is 9.32. The third-order valence-corrected chi connectivity index (χ3v) is 1.80. The van der Waals surface area contributed by atoms with Gasteiger partial charge < -0.3 is 39.2 Å². The van der Waals surface area contributed by atoms with Gasteiger partial charge in [0.25, 0.3) is 0 Å². The topological polar surface area (TPSA) is 171 Å². The Morgan fingerprint density at radius 1 is 0.714 bits per heavy atom. The van der Waals surface area contributed by atoms with E-state index in [2.05, 4.69) is 4.31 Å². The molecule has 0 radical (unpaired) electrons. The van der Waals surface area contributed by atoms with E-state index in [1.165, 1.54) is 0 Å². The molecule has 0 aromatic carbocycles. The maximum Gasteiger partial charge on any atom is 1.00 e. The van der Waals surface area contributed by atoms with Crippen LogP contribution in [0, 0.1) is 0 Å². The number of hydrogen-bond acceptors (Lipinski definition) is 8. The number of phosphoric acid groups is 2. The van der Waals surface area contributed by atoms with Gasteiger partial charge in [-0.1, -0.05) is 0 Å². The SMILES string of the molecule is N.O=P([O-])([O-])OP(=O)([O-])[O-].[K+].[K+].[K+].[K+]. The van der Waals surface area contributed by atoms with E-state index in [-0.39, 0.29) is 212 Å². The minimum Gasteiger partial charge on any atom is -0.790 e. The standard InChI is InChI=1S/4K.H3N.H4O7P2/c;;;;;1-8(2,3)7-9(4,5)6/h;;;;1H3;(H2,1,2,3)(H2,4,5,6)/q4*+1;;/p-4. The monoisotopic (exact) mass is 347 g/mol. The van der Waals surface area contributed by atoms with Crippen molar-refractivity contribution in [3.8, 4) is 0 Å². The van der Waals surface area contributed by atoms with Crippen molar-refractivity contribution >= 4 is 15.6 Å². The van der Waals surface area contributed by atoms with Crippen molar-refractivity contribution in [3.63, 3.8) is 0 Å². The molecule has 64 valence electrons. The van der Waals surface area contributed by atoms with E-state index in [4.69, 9.17) is 0 Å². The van der Waals surface area contributed by atoms with E-state index >= 15 is 0 Å². The third kappa shape index (κ3) is 36.3. The molecule has 8 nitrogen and oxygen atoms in total. The van der Waals surface area contributed by atoms with Crippen molar-refractivity contribution < 1.29 is 239 Å². The van der Waals surface area contributed by atoms with Crippen LogP contribution in [0.1, 0.15) is 0 Å². The molecule has 14 heteroatoms. The Morgan fingerprint density at radius 2 is 0.857 bits per heavy atom. The van der Waals surface area contributed by atoms with Gasteiger partial charge in [0.15, 0.2) is 0 Å². The van der Waals surface area contributed by atoms with Crippen molar-refractivity contribution in [1.29, 1.82) is 0 Å². The van der Waals surface area contributed by atoms with Crippen LogP contribution in [0.2, 0.25) is 0 Å². The molecule has 0 aliphatic heterocycles. The smallest absolute Gasteiger partial charge is 0.790 e. The molecule has 0 aromatic heterocycles. The quantitative estimate of drug-likeness (QED) is 0.379. The summed E-state index contributed by atoms with van der Waals surface area (Å²) in [5.41, 5.74) is 0. The Kier molecular flexibility index (Phi) is 47.4. The summed E-state index contributed by atoms with van der Waals surface area (Å²) in [7, 11) is -11.4. The molecular weight excluding hydrogens is 344 g/mol. The molecule has 0 aliphatic rings. The first kappa shape index (κ1) is 37.2. The fraction of sp³-hybridized carbons (Fsp3) is 0. The molecule has 0 spiro atoms. The van der Waals surface area contributed by atoms with Crippen molar-refractivity contribution in [2.24, 2.45) is 0 Å². The molecule has 3 N–H and O–H groups in total. The fourth-order valence-electron chi connectivity index (χ4n) is 0.122. The Hall–Kier alpha value is 6.77. The van der Waals surface area contributed by atoms with E-state index in [1.54, 1.807) is 0 Å². The van der Waals surface area contributed by atoms with Crippen molar-refractivity contribution in [1.82, 2.24) is 6.15 Å². The van der Waals surface area contributed by atoms with E-state index in [0.717, 1.165) is 0 Å². The molecular formula is H3K4NO7P2. The average molecular weight is 347 g/mol. The molecule has 0 atom stereocenters. The van der Waals surface area contributed by atoms with Gasteiger partial charge in [-0.3, -0.25) is 0 Å². The Bertz CT molecular complexity index is 164. The van der Waals surface area contributed by atoms with E-state index in [0.29, 0.717) is 0 Å². The molecule has 0 rings (SSSR count). The zero-order valence-corrected chi connectivity index (χ0v) is 22.7. The van der Waals surface area contributed by atoms with Gasteiger partial charge in [-0.05, 0) is 0 Å². The molecule has 0 amide bonds. The van der Waals surface area contributed by atoms with Gasteiger partial charge in [-0.15, -0.1) is 0 Å². The van der Waals surface area contributed by atoms with Crippen molar-refractivity contribution in [2.75, 3.05) is 0 Å². The first-order valence-corrected chi connectivity index (χ1v) is 4.38. The van der Waals surface area contributed by atoms with Crippen LogP contribution in [0.25, 0.3) is 0 Å². The maximum atomic E-state index is 9.32. The molecule has 0 aliphatic carbocycles. The van der Waals surface area contributed by atoms with E-state index in [9.17, 15) is 28.7 Å². The molecule has 0 bridgehead atoms. The zero-order valence-electron chi connectivity index (χ0n) is 8.46.